The van der Waals surface area contributed by atoms with Crippen LogP contribution in [-0.2, 0) is 0 Å². The van der Waals surface area contributed by atoms with Gasteiger partial charge in [-0.2, -0.15) is 0 Å². The van der Waals surface area contributed by atoms with Crippen molar-refractivity contribution in [2.75, 3.05) is 0 Å². The molecule has 0 aliphatic heterocycles. The van der Waals surface area contributed by atoms with Gasteiger partial charge in [-0.05, 0) is 44.4 Å². The molecule has 1 fully saturated rings. The van der Waals surface area contributed by atoms with E-state index in [4.69, 9.17) is 5.73 Å². The maximum absolute atomic E-state index is 10.8. The monoisotopic (exact) mass is 227 g/mol. The smallest absolute Gasteiger partial charge is 0.0826 e. The summed E-state index contributed by atoms with van der Waals surface area (Å²) in [5, 5.41) is 10.8. The van der Waals surface area contributed by atoms with Crippen LogP contribution in [0.15, 0.2) is 0 Å². The minimum Gasteiger partial charge on any atom is -0.388 e. The van der Waals surface area contributed by atoms with Crippen LogP contribution in [-0.4, -0.2) is 16.2 Å². The predicted molar refractivity (Wildman–Crippen MR) is 69.2 cm³/mol. The molecular weight excluding hydrogens is 198 g/mol. The first-order chi connectivity index (χ1) is 7.32. The van der Waals surface area contributed by atoms with Gasteiger partial charge in [-0.1, -0.05) is 33.6 Å². The summed E-state index contributed by atoms with van der Waals surface area (Å²) in [4.78, 5) is 0. The highest BCUT2D eigenvalue weighted by atomic mass is 16.3. The molecule has 2 nitrogen and oxygen atoms in total. The average molecular weight is 227 g/mol. The summed E-state index contributed by atoms with van der Waals surface area (Å²) < 4.78 is 0. The number of aliphatic hydroxyl groups is 1. The second-order valence-electron chi connectivity index (χ2n) is 6.30. The zero-order valence-corrected chi connectivity index (χ0v) is 11.4. The van der Waals surface area contributed by atoms with Gasteiger partial charge in [0.2, 0.25) is 0 Å². The van der Waals surface area contributed by atoms with E-state index in [-0.39, 0.29) is 0 Å². The molecule has 0 aromatic rings. The van der Waals surface area contributed by atoms with Gasteiger partial charge in [0.15, 0.2) is 0 Å². The molecule has 96 valence electrons. The van der Waals surface area contributed by atoms with Gasteiger partial charge in [-0.15, -0.1) is 0 Å². The molecule has 0 radical (unpaired) electrons. The summed E-state index contributed by atoms with van der Waals surface area (Å²) in [6.07, 6.45) is 6.09. The lowest BCUT2D eigenvalue weighted by Gasteiger charge is -2.48. The Morgan fingerprint density at radius 3 is 2.62 bits per heavy atom. The van der Waals surface area contributed by atoms with E-state index in [0.717, 1.165) is 32.1 Å². The molecule has 3 unspecified atom stereocenters. The van der Waals surface area contributed by atoms with E-state index < -0.39 is 11.1 Å². The van der Waals surface area contributed by atoms with Gasteiger partial charge >= 0.3 is 0 Å². The fourth-order valence-electron chi connectivity index (χ4n) is 3.13. The topological polar surface area (TPSA) is 46.2 Å². The van der Waals surface area contributed by atoms with E-state index in [2.05, 4.69) is 20.8 Å². The largest absolute Gasteiger partial charge is 0.388 e. The Morgan fingerprint density at radius 2 is 2.12 bits per heavy atom. The van der Waals surface area contributed by atoms with Crippen molar-refractivity contribution in [1.29, 1.82) is 0 Å². The molecule has 0 amide bonds. The fraction of sp³-hybridized carbons (Fsp3) is 1.00. The van der Waals surface area contributed by atoms with E-state index in [0.29, 0.717) is 11.8 Å². The van der Waals surface area contributed by atoms with Crippen molar-refractivity contribution >= 4 is 0 Å². The Bertz CT molecular complexity index is 225. The molecule has 0 heterocycles. The van der Waals surface area contributed by atoms with Crippen LogP contribution >= 0.6 is 0 Å². The van der Waals surface area contributed by atoms with Crippen molar-refractivity contribution in [3.63, 3.8) is 0 Å². The van der Waals surface area contributed by atoms with Crippen LogP contribution in [0.5, 0.6) is 0 Å². The highest BCUT2D eigenvalue weighted by molar-refractivity contribution is 5.03. The Kier molecular flexibility index (Phi) is 4.42. The molecular formula is C14H29NO. The standard InChI is InChI=1S/C14H29NO/c1-5-8-13(4,15)14(16)9-6-7-12(10-14)11(2)3/h11-12,16H,5-10,15H2,1-4H3. The third-order valence-corrected chi connectivity index (χ3v) is 4.54. The number of hydrogen-bond donors (Lipinski definition) is 2. The lowest BCUT2D eigenvalue weighted by molar-refractivity contribution is -0.0818. The van der Waals surface area contributed by atoms with Gasteiger partial charge in [0.1, 0.15) is 0 Å². The van der Waals surface area contributed by atoms with Crippen LogP contribution < -0.4 is 5.73 Å². The Morgan fingerprint density at radius 1 is 1.50 bits per heavy atom. The molecule has 2 heteroatoms. The van der Waals surface area contributed by atoms with Crippen molar-refractivity contribution in [2.24, 2.45) is 17.6 Å². The van der Waals surface area contributed by atoms with E-state index in [9.17, 15) is 5.11 Å². The van der Waals surface area contributed by atoms with E-state index >= 15 is 0 Å². The molecule has 1 aliphatic carbocycles. The molecule has 0 aromatic carbocycles. The van der Waals surface area contributed by atoms with Crippen molar-refractivity contribution in [3.05, 3.63) is 0 Å². The molecule has 16 heavy (non-hydrogen) atoms. The minimum atomic E-state index is -0.643. The van der Waals surface area contributed by atoms with Gasteiger partial charge in [-0.3, -0.25) is 0 Å². The molecule has 3 N–H and O–H groups in total. The maximum atomic E-state index is 10.8. The summed E-state index contributed by atoms with van der Waals surface area (Å²) in [6, 6.07) is 0. The van der Waals surface area contributed by atoms with Crippen molar-refractivity contribution in [2.45, 2.75) is 77.4 Å². The lowest BCUT2D eigenvalue weighted by atomic mass is 9.65. The fourth-order valence-corrected chi connectivity index (χ4v) is 3.13. The number of rotatable bonds is 4. The van der Waals surface area contributed by atoms with Gasteiger partial charge in [0.25, 0.3) is 0 Å². The molecule has 0 spiro atoms. The van der Waals surface area contributed by atoms with Crippen LogP contribution in [0.3, 0.4) is 0 Å². The molecule has 0 aromatic heterocycles. The van der Waals surface area contributed by atoms with Crippen LogP contribution in [0, 0.1) is 11.8 Å². The quantitative estimate of drug-likeness (QED) is 0.775. The Labute approximate surface area is 101 Å². The van der Waals surface area contributed by atoms with Crippen molar-refractivity contribution in [1.82, 2.24) is 0 Å². The first-order valence-electron chi connectivity index (χ1n) is 6.83. The molecule has 1 saturated carbocycles. The van der Waals surface area contributed by atoms with Gasteiger partial charge in [0, 0.05) is 5.54 Å². The molecule has 3 atom stereocenters. The van der Waals surface area contributed by atoms with E-state index in [1.807, 2.05) is 6.92 Å². The Hall–Kier alpha value is -0.0800. The highest BCUT2D eigenvalue weighted by Crippen LogP contribution is 2.42. The second-order valence-corrected chi connectivity index (χ2v) is 6.30. The summed E-state index contributed by atoms with van der Waals surface area (Å²) in [6.45, 7) is 8.67. The SMILES string of the molecule is CCCC(C)(N)C1(O)CCCC(C(C)C)C1. The van der Waals surface area contributed by atoms with E-state index in [1.165, 1.54) is 6.42 Å². The molecule has 0 bridgehead atoms. The Balaban J connectivity index is 2.75. The zero-order chi connectivity index (χ0) is 12.4. The second kappa shape index (κ2) is 5.05. The molecule has 1 aliphatic rings. The van der Waals surface area contributed by atoms with Crippen LogP contribution in [0.4, 0.5) is 0 Å². The first kappa shape index (κ1) is 14.0. The summed E-state index contributed by atoms with van der Waals surface area (Å²) in [7, 11) is 0. The van der Waals surface area contributed by atoms with Crippen LogP contribution in [0.25, 0.3) is 0 Å². The summed E-state index contributed by atoms with van der Waals surface area (Å²) >= 11 is 0. The number of nitrogens with two attached hydrogens (primary N) is 1. The van der Waals surface area contributed by atoms with Crippen molar-refractivity contribution < 1.29 is 5.11 Å². The van der Waals surface area contributed by atoms with Crippen LogP contribution in [0.1, 0.15) is 66.2 Å². The lowest BCUT2D eigenvalue weighted by Crippen LogP contribution is -2.60. The third-order valence-electron chi connectivity index (χ3n) is 4.54. The summed E-state index contributed by atoms with van der Waals surface area (Å²) in [5.41, 5.74) is 5.28. The normalized spacial score (nSPS) is 35.1. The molecule has 1 rings (SSSR count). The highest BCUT2D eigenvalue weighted by Gasteiger charge is 2.46. The first-order valence-corrected chi connectivity index (χ1v) is 6.83. The van der Waals surface area contributed by atoms with E-state index in [1.54, 1.807) is 0 Å². The number of hydrogen-bond acceptors (Lipinski definition) is 2. The average Bonchev–Trinajstić information content (AvgIpc) is 2.17. The van der Waals surface area contributed by atoms with Crippen LogP contribution in [0.2, 0.25) is 0 Å². The minimum absolute atomic E-state index is 0.421. The molecule has 0 saturated heterocycles. The zero-order valence-electron chi connectivity index (χ0n) is 11.4. The van der Waals surface area contributed by atoms with Crippen molar-refractivity contribution in [3.8, 4) is 0 Å². The maximum Gasteiger partial charge on any atom is 0.0826 e. The third kappa shape index (κ3) is 2.78. The summed E-state index contributed by atoms with van der Waals surface area (Å²) in [5.74, 6) is 1.29. The van der Waals surface area contributed by atoms with Gasteiger partial charge in [-0.25, -0.2) is 0 Å². The van der Waals surface area contributed by atoms with Gasteiger partial charge in [0.05, 0.1) is 5.60 Å². The predicted octanol–water partition coefficient (Wildman–Crippen LogP) is 3.08. The van der Waals surface area contributed by atoms with Gasteiger partial charge < -0.3 is 10.8 Å².